The van der Waals surface area contributed by atoms with Gasteiger partial charge in [-0.1, -0.05) is 55.0 Å². The Morgan fingerprint density at radius 2 is 2.15 bits per heavy atom. The summed E-state index contributed by atoms with van der Waals surface area (Å²) in [5.74, 6) is 1.91. The van der Waals surface area contributed by atoms with Crippen molar-refractivity contribution in [2.45, 2.75) is 49.9 Å². The van der Waals surface area contributed by atoms with Crippen LogP contribution in [0.4, 0.5) is 0 Å². The first-order chi connectivity index (χ1) is 6.26. The molecule has 1 saturated carbocycles. The van der Waals surface area contributed by atoms with E-state index in [-0.39, 0.29) is 0 Å². The molecular formula is C12H21I. The summed E-state index contributed by atoms with van der Waals surface area (Å²) in [4.78, 5) is 0. The van der Waals surface area contributed by atoms with Gasteiger partial charge in [0.1, 0.15) is 0 Å². The van der Waals surface area contributed by atoms with Crippen LogP contribution in [0.5, 0.6) is 0 Å². The smallest absolute Gasteiger partial charge is 0.0286 e. The molecule has 13 heavy (non-hydrogen) atoms. The lowest BCUT2D eigenvalue weighted by Gasteiger charge is -2.05. The summed E-state index contributed by atoms with van der Waals surface area (Å²) >= 11 is 2.52. The molecule has 0 radical (unpaired) electrons. The van der Waals surface area contributed by atoms with Gasteiger partial charge >= 0.3 is 0 Å². The molecule has 0 aromatic carbocycles. The van der Waals surface area contributed by atoms with Crippen LogP contribution in [0.3, 0.4) is 0 Å². The minimum absolute atomic E-state index is 0.748. The second kappa shape index (κ2) is 6.05. The highest BCUT2D eigenvalue weighted by Gasteiger charge is 2.20. The first kappa shape index (κ1) is 11.5. The molecule has 0 aromatic heterocycles. The summed E-state index contributed by atoms with van der Waals surface area (Å²) in [5.41, 5.74) is 0. The maximum absolute atomic E-state index is 2.52. The molecule has 0 heterocycles. The van der Waals surface area contributed by atoms with Gasteiger partial charge in [-0.05, 0) is 37.5 Å². The van der Waals surface area contributed by atoms with Crippen LogP contribution >= 0.6 is 22.6 Å². The molecule has 0 spiro atoms. The molecule has 0 aliphatic heterocycles. The van der Waals surface area contributed by atoms with E-state index in [1.807, 2.05) is 0 Å². The molecule has 0 bridgehead atoms. The molecule has 0 nitrogen and oxygen atoms in total. The van der Waals surface area contributed by atoms with Crippen LogP contribution in [0.2, 0.25) is 0 Å². The van der Waals surface area contributed by atoms with Crippen LogP contribution in [-0.4, -0.2) is 3.92 Å². The van der Waals surface area contributed by atoms with E-state index in [0.717, 1.165) is 15.8 Å². The van der Waals surface area contributed by atoms with Gasteiger partial charge in [0.05, 0.1) is 0 Å². The lowest BCUT2D eigenvalue weighted by Crippen LogP contribution is -1.94. The maximum atomic E-state index is 2.52. The van der Waals surface area contributed by atoms with Crippen molar-refractivity contribution in [3.05, 3.63) is 12.2 Å². The molecule has 0 amide bonds. The largest absolute Gasteiger partial charge is 0.0844 e. The molecule has 76 valence electrons. The molecule has 1 rings (SSSR count). The average Bonchev–Trinajstić information content (AvgIpc) is 2.61. The Hall–Kier alpha value is 0.470. The third-order valence-electron chi connectivity index (χ3n) is 3.14. The third kappa shape index (κ3) is 4.01. The average molecular weight is 292 g/mol. The predicted octanol–water partition coefficient (Wildman–Crippen LogP) is 4.58. The van der Waals surface area contributed by atoms with Crippen molar-refractivity contribution < 1.29 is 0 Å². The quantitative estimate of drug-likeness (QED) is 0.404. The number of allylic oxidation sites excluding steroid dienone is 2. The molecule has 1 heteroatoms. The Bertz CT molecular complexity index is 163. The second-order valence-electron chi connectivity index (χ2n) is 4.16. The first-order valence-electron chi connectivity index (χ1n) is 5.58. The van der Waals surface area contributed by atoms with Crippen molar-refractivity contribution in [2.75, 3.05) is 0 Å². The number of rotatable bonds is 4. The standard InChI is InChI=1S/C12H21I/c1-3-10-5-6-11(9-10)7-8-12(13)4-2/h7-8,10-12H,3-6,9H2,1-2H3/b8-7+. The zero-order valence-electron chi connectivity index (χ0n) is 8.80. The van der Waals surface area contributed by atoms with Crippen molar-refractivity contribution >= 4 is 22.6 Å². The minimum atomic E-state index is 0.748. The highest BCUT2D eigenvalue weighted by atomic mass is 127. The Kier molecular flexibility index (Phi) is 5.37. The van der Waals surface area contributed by atoms with E-state index in [1.165, 1.54) is 32.1 Å². The zero-order valence-corrected chi connectivity index (χ0v) is 11.0. The fourth-order valence-electron chi connectivity index (χ4n) is 2.07. The highest BCUT2D eigenvalue weighted by molar-refractivity contribution is 14.1. The predicted molar refractivity (Wildman–Crippen MR) is 68.4 cm³/mol. The molecule has 0 saturated heterocycles. The number of hydrogen-bond donors (Lipinski definition) is 0. The topological polar surface area (TPSA) is 0 Å². The summed E-state index contributed by atoms with van der Waals surface area (Å²) in [6, 6.07) is 0. The van der Waals surface area contributed by atoms with Gasteiger partial charge in [0.15, 0.2) is 0 Å². The maximum Gasteiger partial charge on any atom is 0.0286 e. The van der Waals surface area contributed by atoms with Crippen molar-refractivity contribution in [3.8, 4) is 0 Å². The van der Waals surface area contributed by atoms with E-state index in [1.54, 1.807) is 0 Å². The van der Waals surface area contributed by atoms with E-state index in [2.05, 4.69) is 48.6 Å². The molecule has 0 aromatic rings. The Morgan fingerprint density at radius 1 is 1.38 bits per heavy atom. The van der Waals surface area contributed by atoms with Crippen LogP contribution in [0.1, 0.15) is 46.0 Å². The third-order valence-corrected chi connectivity index (χ3v) is 4.44. The van der Waals surface area contributed by atoms with Gasteiger partial charge in [-0.3, -0.25) is 0 Å². The van der Waals surface area contributed by atoms with E-state index in [0.29, 0.717) is 0 Å². The van der Waals surface area contributed by atoms with E-state index >= 15 is 0 Å². The van der Waals surface area contributed by atoms with Crippen LogP contribution in [0, 0.1) is 11.8 Å². The summed E-state index contributed by atoms with van der Waals surface area (Å²) < 4.78 is 0.748. The normalized spacial score (nSPS) is 31.3. The highest BCUT2D eigenvalue weighted by Crippen LogP contribution is 2.33. The molecule has 1 fully saturated rings. The first-order valence-corrected chi connectivity index (χ1v) is 6.83. The van der Waals surface area contributed by atoms with Gasteiger partial charge in [0.25, 0.3) is 0 Å². The van der Waals surface area contributed by atoms with Crippen molar-refractivity contribution in [1.29, 1.82) is 0 Å². The van der Waals surface area contributed by atoms with Crippen LogP contribution in [0.15, 0.2) is 12.2 Å². The lowest BCUT2D eigenvalue weighted by molar-refractivity contribution is 0.515. The van der Waals surface area contributed by atoms with Crippen LogP contribution in [0.25, 0.3) is 0 Å². The van der Waals surface area contributed by atoms with Gasteiger partial charge in [-0.25, -0.2) is 0 Å². The Balaban J connectivity index is 2.27. The minimum Gasteiger partial charge on any atom is -0.0844 e. The summed E-state index contributed by atoms with van der Waals surface area (Å²) in [5, 5.41) is 0. The molecular weight excluding hydrogens is 271 g/mol. The van der Waals surface area contributed by atoms with Gasteiger partial charge in [-0.15, -0.1) is 0 Å². The van der Waals surface area contributed by atoms with Gasteiger partial charge in [0, 0.05) is 3.92 Å². The van der Waals surface area contributed by atoms with Gasteiger partial charge < -0.3 is 0 Å². The fourth-order valence-corrected chi connectivity index (χ4v) is 2.31. The van der Waals surface area contributed by atoms with Crippen LogP contribution < -0.4 is 0 Å². The lowest BCUT2D eigenvalue weighted by atomic mass is 10.0. The second-order valence-corrected chi connectivity index (χ2v) is 5.76. The van der Waals surface area contributed by atoms with E-state index < -0.39 is 0 Å². The van der Waals surface area contributed by atoms with Crippen molar-refractivity contribution in [3.63, 3.8) is 0 Å². The SMILES string of the molecule is CCC(I)/C=C/C1CCC(CC)C1. The van der Waals surface area contributed by atoms with Crippen molar-refractivity contribution in [1.82, 2.24) is 0 Å². The van der Waals surface area contributed by atoms with E-state index in [9.17, 15) is 0 Å². The number of halogens is 1. The van der Waals surface area contributed by atoms with Gasteiger partial charge in [0.2, 0.25) is 0 Å². The Labute approximate surface area is 96.3 Å². The molecule has 3 unspecified atom stereocenters. The van der Waals surface area contributed by atoms with Crippen LogP contribution in [-0.2, 0) is 0 Å². The number of alkyl halides is 1. The number of hydrogen-bond acceptors (Lipinski definition) is 0. The summed E-state index contributed by atoms with van der Waals surface area (Å²) in [6.45, 7) is 4.58. The molecule has 3 atom stereocenters. The monoisotopic (exact) mass is 292 g/mol. The summed E-state index contributed by atoms with van der Waals surface area (Å²) in [6.07, 6.45) is 11.9. The van der Waals surface area contributed by atoms with Crippen molar-refractivity contribution in [2.24, 2.45) is 11.8 Å². The molecule has 0 N–H and O–H groups in total. The molecule has 1 aliphatic carbocycles. The van der Waals surface area contributed by atoms with E-state index in [4.69, 9.17) is 0 Å². The fraction of sp³-hybridized carbons (Fsp3) is 0.833. The van der Waals surface area contributed by atoms with Gasteiger partial charge in [-0.2, -0.15) is 0 Å². The summed E-state index contributed by atoms with van der Waals surface area (Å²) in [7, 11) is 0. The molecule has 1 aliphatic rings. The zero-order chi connectivity index (χ0) is 9.68. The Morgan fingerprint density at radius 3 is 2.69 bits per heavy atom.